The smallest absolute Gasteiger partial charge is 0.0705 e. The third-order valence-electron chi connectivity index (χ3n) is 3.64. The van der Waals surface area contributed by atoms with Crippen molar-refractivity contribution in [2.45, 2.75) is 39.7 Å². The summed E-state index contributed by atoms with van der Waals surface area (Å²) in [6.45, 7) is 6.77. The molecule has 0 fully saturated rings. The highest BCUT2D eigenvalue weighted by Crippen LogP contribution is 2.18. The molecule has 0 saturated carbocycles. The Morgan fingerprint density at radius 1 is 0.933 bits per heavy atom. The van der Waals surface area contributed by atoms with E-state index in [1.54, 1.807) is 0 Å². The van der Waals surface area contributed by atoms with Gasteiger partial charge >= 0.3 is 0 Å². The third-order valence-corrected chi connectivity index (χ3v) is 3.64. The van der Waals surface area contributed by atoms with Gasteiger partial charge in [-0.3, -0.25) is 0 Å². The molecule has 0 spiro atoms. The number of hydrogen-bond donors (Lipinski definition) is 0. The number of rotatable bonds is 3. The Balaban J connectivity index is 2.88. The molecule has 1 aromatic carbocycles. The van der Waals surface area contributed by atoms with Crippen LogP contribution in [0.2, 0.25) is 19.0 Å². The lowest BCUT2D eigenvalue weighted by Gasteiger charge is -2.29. The Labute approximate surface area is 94.0 Å². The van der Waals surface area contributed by atoms with Crippen LogP contribution in [0.15, 0.2) is 30.3 Å². The minimum Gasteiger partial charge on any atom is -0.309 e. The molecule has 0 heterocycles. The summed E-state index contributed by atoms with van der Waals surface area (Å²) < 4.78 is 0. The van der Waals surface area contributed by atoms with E-state index in [9.17, 15) is 0 Å². The Bertz CT molecular complexity index is 330. The van der Waals surface area contributed by atoms with Crippen LogP contribution < -0.4 is 0 Å². The summed E-state index contributed by atoms with van der Waals surface area (Å²) in [6.07, 6.45) is 3.16. The summed E-state index contributed by atoms with van der Waals surface area (Å²) >= 11 is 0. The van der Waals surface area contributed by atoms with E-state index in [-0.39, 0.29) is 0 Å². The molecule has 0 aromatic heterocycles. The maximum absolute atomic E-state index is 3.51. The molecule has 0 amide bonds. The van der Waals surface area contributed by atoms with Gasteiger partial charge in [-0.05, 0) is 12.1 Å². The topological polar surface area (TPSA) is 0 Å². The molecule has 1 rings (SSSR count). The second-order valence-corrected chi connectivity index (χ2v) is 4.34. The largest absolute Gasteiger partial charge is 0.309 e. The molecule has 0 nitrogen and oxygen atoms in total. The van der Waals surface area contributed by atoms with Gasteiger partial charge in [-0.1, -0.05) is 39.0 Å². The van der Waals surface area contributed by atoms with Gasteiger partial charge in [-0.2, -0.15) is 19.0 Å². The van der Waals surface area contributed by atoms with E-state index >= 15 is 0 Å². The molecule has 0 saturated heterocycles. The van der Waals surface area contributed by atoms with Crippen molar-refractivity contribution < 1.29 is 0 Å². The van der Waals surface area contributed by atoms with Crippen molar-refractivity contribution in [3.63, 3.8) is 0 Å². The minimum atomic E-state index is -0.448. The normalized spacial score (nSPS) is 10.6. The molecule has 80 valence electrons. The summed E-state index contributed by atoms with van der Waals surface area (Å²) in [7, 11) is 0. The SMILES string of the molecule is CC[B-](C#Cc1ccccc1)(CC)CC. The second-order valence-electron chi connectivity index (χ2n) is 4.34. The Hall–Kier alpha value is -1.16. The minimum absolute atomic E-state index is 0.448. The lowest BCUT2D eigenvalue weighted by molar-refractivity contribution is 1.20. The summed E-state index contributed by atoms with van der Waals surface area (Å²) in [5.74, 6) is 6.83. The zero-order valence-electron chi connectivity index (χ0n) is 10.1. The fourth-order valence-corrected chi connectivity index (χ4v) is 1.93. The molecule has 0 aliphatic rings. The van der Waals surface area contributed by atoms with Crippen LogP contribution in [0.3, 0.4) is 0 Å². The maximum Gasteiger partial charge on any atom is 0.0705 e. The molecule has 15 heavy (non-hydrogen) atoms. The zero-order chi connectivity index (χ0) is 11.1. The molecular formula is C14H20B-. The van der Waals surface area contributed by atoms with Gasteiger partial charge in [0.15, 0.2) is 0 Å². The van der Waals surface area contributed by atoms with Crippen LogP contribution in [-0.2, 0) is 0 Å². The standard InChI is InChI=1S/C14H20B/c1-4-15(5-2,6-3)13-12-14-10-8-7-9-11-14/h7-11H,4-6H2,1-3H3/q-1. The van der Waals surface area contributed by atoms with Crippen molar-refractivity contribution in [1.82, 2.24) is 0 Å². The van der Waals surface area contributed by atoms with E-state index < -0.39 is 6.15 Å². The lowest BCUT2D eigenvalue weighted by Crippen LogP contribution is -2.29. The van der Waals surface area contributed by atoms with Crippen LogP contribution in [0.1, 0.15) is 26.3 Å². The first kappa shape index (κ1) is 11.9. The first-order valence-corrected chi connectivity index (χ1v) is 6.05. The summed E-state index contributed by atoms with van der Waals surface area (Å²) in [6, 6.07) is 10.3. The van der Waals surface area contributed by atoms with Crippen LogP contribution in [0.5, 0.6) is 0 Å². The molecule has 0 bridgehead atoms. The van der Waals surface area contributed by atoms with E-state index in [0.29, 0.717) is 0 Å². The van der Waals surface area contributed by atoms with Gasteiger partial charge in [0.05, 0.1) is 6.15 Å². The molecule has 0 N–H and O–H groups in total. The van der Waals surface area contributed by atoms with Gasteiger partial charge in [0.25, 0.3) is 0 Å². The van der Waals surface area contributed by atoms with Crippen molar-refractivity contribution in [2.24, 2.45) is 0 Å². The van der Waals surface area contributed by atoms with Crippen molar-refractivity contribution in [1.29, 1.82) is 0 Å². The Morgan fingerprint density at radius 2 is 1.47 bits per heavy atom. The molecular weight excluding hydrogens is 179 g/mol. The van der Waals surface area contributed by atoms with Crippen LogP contribution in [0.4, 0.5) is 0 Å². The maximum atomic E-state index is 3.51. The highest BCUT2D eigenvalue weighted by atomic mass is 13.9. The van der Waals surface area contributed by atoms with Crippen molar-refractivity contribution in [3.8, 4) is 11.7 Å². The highest BCUT2D eigenvalue weighted by Gasteiger charge is 2.14. The van der Waals surface area contributed by atoms with Gasteiger partial charge in [0.2, 0.25) is 0 Å². The summed E-state index contributed by atoms with van der Waals surface area (Å²) in [5.41, 5.74) is 1.14. The van der Waals surface area contributed by atoms with E-state index in [1.807, 2.05) is 18.2 Å². The molecule has 0 radical (unpaired) electrons. The fraction of sp³-hybridized carbons (Fsp3) is 0.429. The molecule has 1 aromatic rings. The van der Waals surface area contributed by atoms with E-state index in [1.165, 1.54) is 19.0 Å². The van der Waals surface area contributed by atoms with Gasteiger partial charge in [-0.15, -0.1) is 5.92 Å². The lowest BCUT2D eigenvalue weighted by atomic mass is 9.21. The average Bonchev–Trinajstić information content (AvgIpc) is 2.33. The van der Waals surface area contributed by atoms with Gasteiger partial charge < -0.3 is 5.82 Å². The molecule has 0 atom stereocenters. The summed E-state index contributed by atoms with van der Waals surface area (Å²) in [4.78, 5) is 0. The molecule has 0 aliphatic heterocycles. The van der Waals surface area contributed by atoms with E-state index in [4.69, 9.17) is 0 Å². The predicted octanol–water partition coefficient (Wildman–Crippen LogP) is 4.09. The molecule has 1 heteroatoms. The Morgan fingerprint density at radius 3 is 1.93 bits per heavy atom. The average molecular weight is 199 g/mol. The predicted molar refractivity (Wildman–Crippen MR) is 70.5 cm³/mol. The van der Waals surface area contributed by atoms with E-state index in [2.05, 4.69) is 44.6 Å². The first-order valence-electron chi connectivity index (χ1n) is 6.05. The van der Waals surface area contributed by atoms with Gasteiger partial charge in [0, 0.05) is 5.56 Å². The van der Waals surface area contributed by atoms with Crippen LogP contribution in [0.25, 0.3) is 0 Å². The summed E-state index contributed by atoms with van der Waals surface area (Å²) in [5, 5.41) is 0. The number of hydrogen-bond acceptors (Lipinski definition) is 0. The van der Waals surface area contributed by atoms with Crippen LogP contribution >= 0.6 is 0 Å². The molecule has 0 aliphatic carbocycles. The Kier molecular flexibility index (Phi) is 4.50. The van der Waals surface area contributed by atoms with Crippen molar-refractivity contribution in [3.05, 3.63) is 35.9 Å². The molecule has 0 unspecified atom stereocenters. The van der Waals surface area contributed by atoms with E-state index in [0.717, 1.165) is 5.56 Å². The fourth-order valence-electron chi connectivity index (χ4n) is 1.93. The second kappa shape index (κ2) is 5.66. The third kappa shape index (κ3) is 3.17. The number of benzene rings is 1. The monoisotopic (exact) mass is 199 g/mol. The van der Waals surface area contributed by atoms with Crippen molar-refractivity contribution in [2.75, 3.05) is 0 Å². The van der Waals surface area contributed by atoms with Gasteiger partial charge in [-0.25, -0.2) is 0 Å². The first-order chi connectivity index (χ1) is 7.26. The van der Waals surface area contributed by atoms with Crippen LogP contribution in [0, 0.1) is 11.7 Å². The van der Waals surface area contributed by atoms with Crippen LogP contribution in [-0.4, -0.2) is 6.15 Å². The van der Waals surface area contributed by atoms with Crippen molar-refractivity contribution >= 4 is 6.15 Å². The quantitative estimate of drug-likeness (QED) is 0.508. The van der Waals surface area contributed by atoms with Gasteiger partial charge in [0.1, 0.15) is 0 Å². The zero-order valence-corrected chi connectivity index (χ0v) is 10.1. The highest BCUT2D eigenvalue weighted by molar-refractivity contribution is 6.87.